The molecule has 8 N–H and O–H groups in total. The minimum absolute atomic E-state index is 0. The molecule has 0 atom stereocenters. The zero-order valence-electron chi connectivity index (χ0n) is 12.4. The van der Waals surface area contributed by atoms with E-state index in [4.69, 9.17) is 22.9 Å². The van der Waals surface area contributed by atoms with Crippen LogP contribution in [0, 0.1) is 0 Å². The van der Waals surface area contributed by atoms with E-state index < -0.39 is 0 Å². The van der Waals surface area contributed by atoms with Crippen molar-refractivity contribution in [2.75, 3.05) is 26.2 Å². The van der Waals surface area contributed by atoms with Gasteiger partial charge in [0, 0.05) is 0 Å². The quantitative estimate of drug-likeness (QED) is 0.627. The Morgan fingerprint density at radius 2 is 0.529 bits per heavy atom. The van der Waals surface area contributed by atoms with Gasteiger partial charge in [-0.1, -0.05) is 27.7 Å². The molecule has 0 saturated carbocycles. The highest BCUT2D eigenvalue weighted by atomic mass is 35.5. The second kappa shape index (κ2) is 55.9. The predicted octanol–water partition coefficient (Wildman–Crippen LogP) is 1.84. The Morgan fingerprint density at radius 3 is 0.529 bits per heavy atom. The van der Waals surface area contributed by atoms with Gasteiger partial charge in [-0.15, -0.1) is 12.4 Å². The molecule has 0 amide bonds. The van der Waals surface area contributed by atoms with E-state index in [-0.39, 0.29) is 12.4 Å². The van der Waals surface area contributed by atoms with Crippen LogP contribution in [0.5, 0.6) is 0 Å². The molecule has 5 heteroatoms. The number of halogens is 1. The maximum Gasteiger partial charge on any atom is -0.00799 e. The molecule has 0 aromatic rings. The molecule has 0 bridgehead atoms. The molecule has 0 aromatic heterocycles. The summed E-state index contributed by atoms with van der Waals surface area (Å²) in [6, 6.07) is 0. The third-order valence-electron chi connectivity index (χ3n) is 1.15. The fourth-order valence-corrected chi connectivity index (χ4v) is 0. The summed E-state index contributed by atoms with van der Waals surface area (Å²) < 4.78 is 0. The van der Waals surface area contributed by atoms with Gasteiger partial charge in [-0.3, -0.25) is 0 Å². The molecule has 4 nitrogen and oxygen atoms in total. The first-order valence-electron chi connectivity index (χ1n) is 6.46. The van der Waals surface area contributed by atoms with E-state index in [1.54, 1.807) is 0 Å². The highest BCUT2D eigenvalue weighted by Crippen LogP contribution is 1.58. The Kier molecular flexibility index (Phi) is 99.5. The van der Waals surface area contributed by atoms with E-state index in [2.05, 4.69) is 27.7 Å². The van der Waals surface area contributed by atoms with Gasteiger partial charge in [0.25, 0.3) is 0 Å². The zero-order valence-corrected chi connectivity index (χ0v) is 13.2. The third-order valence-corrected chi connectivity index (χ3v) is 1.15. The van der Waals surface area contributed by atoms with E-state index in [1.807, 2.05) is 0 Å². The second-order valence-electron chi connectivity index (χ2n) is 3.15. The Labute approximate surface area is 115 Å². The Bertz CT molecular complexity index is 42.5. The number of nitrogens with two attached hydrogens (primary N) is 4. The Hall–Kier alpha value is 0.130. The summed E-state index contributed by atoms with van der Waals surface area (Å²) in [7, 11) is 0. The summed E-state index contributed by atoms with van der Waals surface area (Å²) in [5.74, 6) is 0. The van der Waals surface area contributed by atoms with E-state index in [9.17, 15) is 0 Å². The van der Waals surface area contributed by atoms with Gasteiger partial charge in [-0.25, -0.2) is 0 Å². The SMILES string of the molecule is CCCN.CCCN.CCCN.CCCN.Cl. The van der Waals surface area contributed by atoms with Gasteiger partial charge >= 0.3 is 0 Å². The smallest absolute Gasteiger partial charge is 0.00799 e. The average molecular weight is 273 g/mol. The van der Waals surface area contributed by atoms with E-state index >= 15 is 0 Å². The van der Waals surface area contributed by atoms with Crippen LogP contribution < -0.4 is 22.9 Å². The molecule has 0 spiro atoms. The number of hydrogen-bond acceptors (Lipinski definition) is 4. The molecule has 0 rings (SSSR count). The van der Waals surface area contributed by atoms with Crippen molar-refractivity contribution in [2.24, 2.45) is 22.9 Å². The van der Waals surface area contributed by atoms with Gasteiger partial charge in [-0.05, 0) is 51.9 Å². The molecule has 0 aliphatic heterocycles. The topological polar surface area (TPSA) is 104 Å². The molecule has 0 saturated heterocycles. The van der Waals surface area contributed by atoms with Crippen molar-refractivity contribution in [1.82, 2.24) is 0 Å². The zero-order chi connectivity index (χ0) is 13.7. The van der Waals surface area contributed by atoms with Crippen molar-refractivity contribution in [3.63, 3.8) is 0 Å². The van der Waals surface area contributed by atoms with Crippen molar-refractivity contribution in [3.05, 3.63) is 0 Å². The fourth-order valence-electron chi connectivity index (χ4n) is 0. The van der Waals surface area contributed by atoms with Gasteiger partial charge in [0.2, 0.25) is 0 Å². The monoisotopic (exact) mass is 272 g/mol. The maximum absolute atomic E-state index is 5.03. The second-order valence-corrected chi connectivity index (χ2v) is 3.15. The van der Waals surface area contributed by atoms with Crippen LogP contribution in [0.4, 0.5) is 0 Å². The largest absolute Gasteiger partial charge is 0.330 e. The van der Waals surface area contributed by atoms with Crippen LogP contribution in [0.15, 0.2) is 0 Å². The third kappa shape index (κ3) is 189. The van der Waals surface area contributed by atoms with Crippen molar-refractivity contribution in [1.29, 1.82) is 0 Å². The van der Waals surface area contributed by atoms with Crippen LogP contribution in [-0.2, 0) is 0 Å². The van der Waals surface area contributed by atoms with Crippen molar-refractivity contribution < 1.29 is 0 Å². The Morgan fingerprint density at radius 1 is 0.471 bits per heavy atom. The lowest BCUT2D eigenvalue weighted by Gasteiger charge is -1.70. The molecule has 0 fully saturated rings. The lowest BCUT2D eigenvalue weighted by Crippen LogP contribution is -1.93. The standard InChI is InChI=1S/4C3H9N.ClH/c4*1-2-3-4;/h4*2-4H2,1H3;1H. The minimum atomic E-state index is 0. The predicted molar refractivity (Wildman–Crippen MR) is 84.6 cm³/mol. The summed E-state index contributed by atoms with van der Waals surface area (Å²) in [5.41, 5.74) is 20.1. The van der Waals surface area contributed by atoms with Gasteiger partial charge in [-0.2, -0.15) is 0 Å². The van der Waals surface area contributed by atoms with Crippen LogP contribution in [0.1, 0.15) is 53.4 Å². The summed E-state index contributed by atoms with van der Waals surface area (Å²) >= 11 is 0. The lowest BCUT2D eigenvalue weighted by atomic mass is 10.5. The average Bonchev–Trinajstić information content (AvgIpc) is 2.39. The summed E-state index contributed by atoms with van der Waals surface area (Å²) in [6.45, 7) is 11.5. The van der Waals surface area contributed by atoms with Gasteiger partial charge in [0.1, 0.15) is 0 Å². The molecule has 112 valence electrons. The van der Waals surface area contributed by atoms with E-state index in [1.165, 1.54) is 0 Å². The van der Waals surface area contributed by atoms with Crippen molar-refractivity contribution in [2.45, 2.75) is 53.4 Å². The van der Waals surface area contributed by atoms with Crippen LogP contribution in [0.25, 0.3) is 0 Å². The minimum Gasteiger partial charge on any atom is -0.330 e. The highest BCUT2D eigenvalue weighted by Gasteiger charge is 1.56. The summed E-state index contributed by atoms with van der Waals surface area (Å²) in [5, 5.41) is 0. The molecule has 0 aromatic carbocycles. The first kappa shape index (κ1) is 30.3. The number of hydrogen-bond donors (Lipinski definition) is 4. The van der Waals surface area contributed by atoms with Crippen LogP contribution >= 0.6 is 12.4 Å². The number of rotatable bonds is 4. The molecular weight excluding hydrogens is 236 g/mol. The summed E-state index contributed by atoms with van der Waals surface area (Å²) in [4.78, 5) is 0. The van der Waals surface area contributed by atoms with Crippen molar-refractivity contribution in [3.8, 4) is 0 Å². The molecule has 0 aliphatic carbocycles. The molecule has 0 unspecified atom stereocenters. The maximum atomic E-state index is 5.03. The first-order valence-corrected chi connectivity index (χ1v) is 6.46. The van der Waals surface area contributed by atoms with Gasteiger partial charge in [0.05, 0.1) is 0 Å². The van der Waals surface area contributed by atoms with Crippen LogP contribution in [0.2, 0.25) is 0 Å². The highest BCUT2D eigenvalue weighted by molar-refractivity contribution is 5.85. The van der Waals surface area contributed by atoms with Crippen LogP contribution in [-0.4, -0.2) is 26.2 Å². The van der Waals surface area contributed by atoms with E-state index in [0.29, 0.717) is 0 Å². The molecule has 0 radical (unpaired) electrons. The normalized spacial score (nSPS) is 7.06. The first-order chi connectivity index (χ1) is 7.66. The lowest BCUT2D eigenvalue weighted by molar-refractivity contribution is 0.932. The molecule has 0 heterocycles. The molecule has 17 heavy (non-hydrogen) atoms. The van der Waals surface area contributed by atoms with Crippen LogP contribution in [0.3, 0.4) is 0 Å². The summed E-state index contributed by atoms with van der Waals surface area (Å²) in [6.07, 6.45) is 4.39. The fraction of sp³-hybridized carbons (Fsp3) is 1.00. The van der Waals surface area contributed by atoms with E-state index in [0.717, 1.165) is 51.9 Å². The van der Waals surface area contributed by atoms with Crippen molar-refractivity contribution >= 4 is 12.4 Å². The van der Waals surface area contributed by atoms with Gasteiger partial charge < -0.3 is 22.9 Å². The van der Waals surface area contributed by atoms with Gasteiger partial charge in [0.15, 0.2) is 0 Å². The molecular formula is C12H37ClN4. The molecule has 0 aliphatic rings. The Balaban J connectivity index is -0.0000000369.